The van der Waals surface area contributed by atoms with Crippen LogP contribution in [-0.4, -0.2) is 20.1 Å². The van der Waals surface area contributed by atoms with Gasteiger partial charge in [-0.1, -0.05) is 19.1 Å². The molecule has 0 amide bonds. The predicted molar refractivity (Wildman–Crippen MR) is 58.2 cm³/mol. The molecule has 0 aromatic heterocycles. The molecule has 0 radical (unpaired) electrons. The van der Waals surface area contributed by atoms with Crippen molar-refractivity contribution in [3.05, 3.63) is 29.8 Å². The van der Waals surface area contributed by atoms with Gasteiger partial charge in [0.2, 0.25) is 0 Å². The standard InChI is InChI=1S/C11H18N2/c1-3-13-9-8-10-4-6-11(12-2)7-5-10/h4-7,12-13H,3,8-9H2,1-2H3. The first-order valence-electron chi connectivity index (χ1n) is 4.84. The van der Waals surface area contributed by atoms with Crippen LogP contribution in [0.5, 0.6) is 0 Å². The highest BCUT2D eigenvalue weighted by molar-refractivity contribution is 5.43. The first-order valence-corrected chi connectivity index (χ1v) is 4.84. The average Bonchev–Trinajstić information content (AvgIpc) is 2.19. The van der Waals surface area contributed by atoms with Gasteiger partial charge in [0.05, 0.1) is 0 Å². The van der Waals surface area contributed by atoms with E-state index in [4.69, 9.17) is 0 Å². The number of likely N-dealkylation sites (N-methyl/N-ethyl adjacent to an activating group) is 1. The van der Waals surface area contributed by atoms with E-state index in [0.29, 0.717) is 0 Å². The largest absolute Gasteiger partial charge is 0.388 e. The Morgan fingerprint density at radius 1 is 1.15 bits per heavy atom. The summed E-state index contributed by atoms with van der Waals surface area (Å²) in [6.07, 6.45) is 1.11. The van der Waals surface area contributed by atoms with Crippen LogP contribution >= 0.6 is 0 Å². The molecule has 0 aliphatic carbocycles. The van der Waals surface area contributed by atoms with Gasteiger partial charge in [0.1, 0.15) is 0 Å². The molecular formula is C11H18N2. The van der Waals surface area contributed by atoms with Crippen LogP contribution in [-0.2, 0) is 6.42 Å². The summed E-state index contributed by atoms with van der Waals surface area (Å²) >= 11 is 0. The van der Waals surface area contributed by atoms with E-state index in [9.17, 15) is 0 Å². The first-order chi connectivity index (χ1) is 6.36. The molecular weight excluding hydrogens is 160 g/mol. The van der Waals surface area contributed by atoms with Crippen molar-refractivity contribution in [2.45, 2.75) is 13.3 Å². The smallest absolute Gasteiger partial charge is 0.0337 e. The molecule has 0 bridgehead atoms. The maximum atomic E-state index is 3.31. The van der Waals surface area contributed by atoms with E-state index in [1.54, 1.807) is 0 Å². The maximum Gasteiger partial charge on any atom is 0.0337 e. The predicted octanol–water partition coefficient (Wildman–Crippen LogP) is 1.88. The summed E-state index contributed by atoms with van der Waals surface area (Å²) in [6.45, 7) is 4.24. The van der Waals surface area contributed by atoms with E-state index < -0.39 is 0 Å². The molecule has 0 atom stereocenters. The fraction of sp³-hybridized carbons (Fsp3) is 0.455. The molecule has 0 heterocycles. The molecule has 1 rings (SSSR count). The van der Waals surface area contributed by atoms with Crippen molar-refractivity contribution in [3.8, 4) is 0 Å². The molecule has 1 aromatic carbocycles. The van der Waals surface area contributed by atoms with Crippen molar-refractivity contribution in [1.82, 2.24) is 5.32 Å². The average molecular weight is 178 g/mol. The van der Waals surface area contributed by atoms with Gasteiger partial charge < -0.3 is 10.6 Å². The van der Waals surface area contributed by atoms with Crippen LogP contribution in [0.4, 0.5) is 5.69 Å². The normalized spacial score (nSPS) is 10.0. The SMILES string of the molecule is CCNCCc1ccc(NC)cc1. The highest BCUT2D eigenvalue weighted by Crippen LogP contribution is 2.08. The molecule has 0 fully saturated rings. The van der Waals surface area contributed by atoms with Crippen molar-refractivity contribution >= 4 is 5.69 Å². The zero-order chi connectivity index (χ0) is 9.52. The van der Waals surface area contributed by atoms with Gasteiger partial charge in [0, 0.05) is 12.7 Å². The second-order valence-electron chi connectivity index (χ2n) is 3.05. The van der Waals surface area contributed by atoms with Crippen LogP contribution in [0.1, 0.15) is 12.5 Å². The Morgan fingerprint density at radius 2 is 1.85 bits per heavy atom. The van der Waals surface area contributed by atoms with Gasteiger partial charge in [0.25, 0.3) is 0 Å². The monoisotopic (exact) mass is 178 g/mol. The lowest BCUT2D eigenvalue weighted by atomic mass is 10.1. The molecule has 0 saturated carbocycles. The summed E-state index contributed by atoms with van der Waals surface area (Å²) in [6, 6.07) is 8.56. The minimum absolute atomic E-state index is 1.05. The molecule has 1 aromatic rings. The molecule has 0 unspecified atom stereocenters. The number of hydrogen-bond acceptors (Lipinski definition) is 2. The van der Waals surface area contributed by atoms with Gasteiger partial charge in [-0.2, -0.15) is 0 Å². The Labute approximate surface area is 80.4 Å². The van der Waals surface area contributed by atoms with Gasteiger partial charge in [0.15, 0.2) is 0 Å². The van der Waals surface area contributed by atoms with Gasteiger partial charge in [-0.25, -0.2) is 0 Å². The van der Waals surface area contributed by atoms with Crippen LogP contribution in [0.15, 0.2) is 24.3 Å². The number of nitrogens with one attached hydrogen (secondary N) is 2. The van der Waals surface area contributed by atoms with Crippen molar-refractivity contribution in [3.63, 3.8) is 0 Å². The van der Waals surface area contributed by atoms with Crippen molar-refractivity contribution in [2.24, 2.45) is 0 Å². The second-order valence-corrected chi connectivity index (χ2v) is 3.05. The van der Waals surface area contributed by atoms with Crippen LogP contribution in [0.2, 0.25) is 0 Å². The van der Waals surface area contributed by atoms with Gasteiger partial charge >= 0.3 is 0 Å². The number of anilines is 1. The van der Waals surface area contributed by atoms with Gasteiger partial charge in [-0.3, -0.25) is 0 Å². The van der Waals surface area contributed by atoms with Crippen molar-refractivity contribution in [2.75, 3.05) is 25.5 Å². The molecule has 0 spiro atoms. The third kappa shape index (κ3) is 3.47. The minimum Gasteiger partial charge on any atom is -0.388 e. The van der Waals surface area contributed by atoms with Crippen LogP contribution in [0, 0.1) is 0 Å². The van der Waals surface area contributed by atoms with Crippen LogP contribution in [0.3, 0.4) is 0 Å². The zero-order valence-corrected chi connectivity index (χ0v) is 8.43. The molecule has 72 valence electrons. The van der Waals surface area contributed by atoms with Crippen molar-refractivity contribution in [1.29, 1.82) is 0 Å². The Morgan fingerprint density at radius 3 is 2.38 bits per heavy atom. The zero-order valence-electron chi connectivity index (χ0n) is 8.43. The summed E-state index contributed by atoms with van der Waals surface area (Å²) in [5, 5.41) is 6.42. The number of benzene rings is 1. The van der Waals surface area contributed by atoms with Crippen LogP contribution in [0.25, 0.3) is 0 Å². The molecule has 13 heavy (non-hydrogen) atoms. The summed E-state index contributed by atoms with van der Waals surface area (Å²) in [4.78, 5) is 0. The van der Waals surface area contributed by atoms with E-state index >= 15 is 0 Å². The molecule has 2 N–H and O–H groups in total. The molecule has 0 aliphatic rings. The lowest BCUT2D eigenvalue weighted by Crippen LogP contribution is -2.15. The quantitative estimate of drug-likeness (QED) is 0.673. The van der Waals surface area contributed by atoms with E-state index in [1.165, 1.54) is 11.3 Å². The molecule has 0 aliphatic heterocycles. The highest BCUT2D eigenvalue weighted by Gasteiger charge is 1.92. The third-order valence-corrected chi connectivity index (χ3v) is 2.08. The minimum atomic E-state index is 1.05. The number of hydrogen-bond donors (Lipinski definition) is 2. The van der Waals surface area contributed by atoms with E-state index in [-0.39, 0.29) is 0 Å². The Balaban J connectivity index is 2.40. The van der Waals surface area contributed by atoms with Crippen LogP contribution < -0.4 is 10.6 Å². The molecule has 2 heteroatoms. The third-order valence-electron chi connectivity index (χ3n) is 2.08. The van der Waals surface area contributed by atoms with Gasteiger partial charge in [-0.05, 0) is 37.2 Å². The maximum absolute atomic E-state index is 3.31. The van der Waals surface area contributed by atoms with E-state index in [2.05, 4.69) is 41.8 Å². The van der Waals surface area contributed by atoms with E-state index in [0.717, 1.165) is 19.5 Å². The molecule has 0 saturated heterocycles. The Hall–Kier alpha value is -1.02. The summed E-state index contributed by atoms with van der Waals surface area (Å²) in [5.74, 6) is 0. The summed E-state index contributed by atoms with van der Waals surface area (Å²) < 4.78 is 0. The summed E-state index contributed by atoms with van der Waals surface area (Å²) in [7, 11) is 1.94. The lowest BCUT2D eigenvalue weighted by molar-refractivity contribution is 0.716. The number of rotatable bonds is 5. The second kappa shape index (κ2) is 5.60. The van der Waals surface area contributed by atoms with E-state index in [1.807, 2.05) is 7.05 Å². The summed E-state index contributed by atoms with van der Waals surface area (Å²) in [5.41, 5.74) is 2.56. The lowest BCUT2D eigenvalue weighted by Gasteiger charge is -2.03. The Kier molecular flexibility index (Phi) is 4.33. The Bertz CT molecular complexity index is 228. The van der Waals surface area contributed by atoms with Gasteiger partial charge in [-0.15, -0.1) is 0 Å². The fourth-order valence-electron chi connectivity index (χ4n) is 1.25. The highest BCUT2D eigenvalue weighted by atomic mass is 14.8. The molecule has 2 nitrogen and oxygen atoms in total. The van der Waals surface area contributed by atoms with Crippen molar-refractivity contribution < 1.29 is 0 Å². The first kappa shape index (κ1) is 10.1. The topological polar surface area (TPSA) is 24.1 Å². The fourth-order valence-corrected chi connectivity index (χ4v) is 1.25.